The smallest absolute Gasteiger partial charge is 0.339 e. The summed E-state index contributed by atoms with van der Waals surface area (Å²) >= 11 is 5.98. The van der Waals surface area contributed by atoms with Gasteiger partial charge in [-0.05, 0) is 47.9 Å². The van der Waals surface area contributed by atoms with Gasteiger partial charge < -0.3 is 10.5 Å². The zero-order chi connectivity index (χ0) is 14.0. The maximum absolute atomic E-state index is 11.7. The predicted molar refractivity (Wildman–Crippen MR) is 77.4 cm³/mol. The fourth-order valence-electron chi connectivity index (χ4n) is 1.91. The molecule has 0 saturated heterocycles. The molecule has 2 aromatic carbocycles. The number of anilines is 1. The fraction of sp³-hybridized carbons (Fsp3) is 0.133. The zero-order valence-corrected chi connectivity index (χ0v) is 11.5. The van der Waals surface area contributed by atoms with E-state index in [0.717, 1.165) is 16.7 Å². The molecule has 0 amide bonds. The van der Waals surface area contributed by atoms with E-state index in [1.54, 1.807) is 12.1 Å². The summed E-state index contributed by atoms with van der Waals surface area (Å²) in [5.41, 5.74) is 9.37. The third kappa shape index (κ3) is 2.71. The van der Waals surface area contributed by atoms with Crippen molar-refractivity contribution in [1.29, 1.82) is 0 Å². The molecular weight excluding hydrogens is 262 g/mol. The van der Waals surface area contributed by atoms with Gasteiger partial charge in [0.25, 0.3) is 0 Å². The van der Waals surface area contributed by atoms with Crippen LogP contribution in [0.5, 0.6) is 0 Å². The number of nitrogens with two attached hydrogens (primary N) is 1. The number of carbonyl (C=O) groups excluding carboxylic acids is 1. The maximum Gasteiger partial charge on any atom is 0.339 e. The number of ether oxygens (including phenoxy) is 1. The number of hydrogen-bond donors (Lipinski definition) is 1. The summed E-state index contributed by atoms with van der Waals surface area (Å²) in [6.07, 6.45) is 0. The summed E-state index contributed by atoms with van der Waals surface area (Å²) in [5, 5.41) is 0.645. The standard InChI is InChI=1S/C15H14ClNO2/c1-9-6-11(10-4-3-5-12(16)7-10)8-13(14(9)17)15(18)19-2/h3-8H,17H2,1-2H3. The lowest BCUT2D eigenvalue weighted by Crippen LogP contribution is -2.07. The van der Waals surface area contributed by atoms with Crippen LogP contribution in [-0.4, -0.2) is 13.1 Å². The molecule has 0 unspecified atom stereocenters. The van der Waals surface area contributed by atoms with E-state index >= 15 is 0 Å². The summed E-state index contributed by atoms with van der Waals surface area (Å²) in [6.45, 7) is 1.86. The molecule has 0 spiro atoms. The molecule has 2 aromatic rings. The van der Waals surface area contributed by atoms with E-state index in [1.165, 1.54) is 7.11 Å². The van der Waals surface area contributed by atoms with Crippen LogP contribution in [0.25, 0.3) is 11.1 Å². The Morgan fingerprint density at radius 3 is 2.58 bits per heavy atom. The highest BCUT2D eigenvalue weighted by Gasteiger charge is 2.14. The maximum atomic E-state index is 11.7. The van der Waals surface area contributed by atoms with Crippen LogP contribution in [0.1, 0.15) is 15.9 Å². The van der Waals surface area contributed by atoms with Gasteiger partial charge >= 0.3 is 5.97 Å². The molecule has 0 radical (unpaired) electrons. The largest absolute Gasteiger partial charge is 0.465 e. The van der Waals surface area contributed by atoms with Gasteiger partial charge in [0.05, 0.1) is 12.7 Å². The van der Waals surface area contributed by atoms with E-state index in [0.29, 0.717) is 16.3 Å². The number of esters is 1. The van der Waals surface area contributed by atoms with E-state index in [4.69, 9.17) is 22.1 Å². The Bertz CT molecular complexity index is 638. The Labute approximate surface area is 117 Å². The number of benzene rings is 2. The Kier molecular flexibility index (Phi) is 3.76. The van der Waals surface area contributed by atoms with Crippen LogP contribution in [0.15, 0.2) is 36.4 Å². The highest BCUT2D eigenvalue weighted by atomic mass is 35.5. The molecule has 3 nitrogen and oxygen atoms in total. The van der Waals surface area contributed by atoms with Gasteiger partial charge in [0.15, 0.2) is 0 Å². The molecule has 0 aromatic heterocycles. The van der Waals surface area contributed by atoms with Crippen LogP contribution in [0.3, 0.4) is 0 Å². The molecule has 0 aliphatic heterocycles. The molecule has 0 atom stereocenters. The Morgan fingerprint density at radius 1 is 1.21 bits per heavy atom. The van der Waals surface area contributed by atoms with Gasteiger partial charge in [0.1, 0.15) is 0 Å². The Morgan fingerprint density at radius 2 is 1.95 bits per heavy atom. The lowest BCUT2D eigenvalue weighted by Gasteiger charge is -2.11. The molecular formula is C15H14ClNO2. The SMILES string of the molecule is COC(=O)c1cc(-c2cccc(Cl)c2)cc(C)c1N. The molecule has 4 heteroatoms. The number of aryl methyl sites for hydroxylation is 1. The second kappa shape index (κ2) is 5.33. The minimum absolute atomic E-state index is 0.373. The summed E-state index contributed by atoms with van der Waals surface area (Å²) < 4.78 is 4.74. The topological polar surface area (TPSA) is 52.3 Å². The minimum Gasteiger partial charge on any atom is -0.465 e. The van der Waals surface area contributed by atoms with Crippen LogP contribution in [0, 0.1) is 6.92 Å². The van der Waals surface area contributed by atoms with Crippen molar-refractivity contribution < 1.29 is 9.53 Å². The van der Waals surface area contributed by atoms with Crippen LogP contribution in [-0.2, 0) is 4.74 Å². The lowest BCUT2D eigenvalue weighted by atomic mass is 9.98. The van der Waals surface area contributed by atoms with Crippen molar-refractivity contribution in [3.05, 3.63) is 52.5 Å². The first-order chi connectivity index (χ1) is 9.02. The number of methoxy groups -OCH3 is 1. The zero-order valence-electron chi connectivity index (χ0n) is 10.7. The normalized spacial score (nSPS) is 10.3. The van der Waals surface area contributed by atoms with E-state index in [-0.39, 0.29) is 0 Å². The van der Waals surface area contributed by atoms with Crippen LogP contribution >= 0.6 is 11.6 Å². The number of carbonyl (C=O) groups is 1. The van der Waals surface area contributed by atoms with Crippen molar-refractivity contribution in [2.75, 3.05) is 12.8 Å². The van der Waals surface area contributed by atoms with Crippen molar-refractivity contribution in [3.63, 3.8) is 0 Å². The number of halogens is 1. The first kappa shape index (κ1) is 13.4. The van der Waals surface area contributed by atoms with Gasteiger partial charge in [-0.25, -0.2) is 4.79 Å². The van der Waals surface area contributed by atoms with E-state index in [9.17, 15) is 4.79 Å². The summed E-state index contributed by atoms with van der Waals surface area (Å²) in [5.74, 6) is -0.440. The minimum atomic E-state index is -0.440. The van der Waals surface area contributed by atoms with Gasteiger partial charge in [-0.1, -0.05) is 23.7 Å². The van der Waals surface area contributed by atoms with Crippen molar-refractivity contribution in [2.24, 2.45) is 0 Å². The third-order valence-electron chi connectivity index (χ3n) is 2.95. The van der Waals surface area contributed by atoms with Crippen LogP contribution < -0.4 is 5.73 Å². The molecule has 98 valence electrons. The van der Waals surface area contributed by atoms with Gasteiger partial charge in [-0.2, -0.15) is 0 Å². The van der Waals surface area contributed by atoms with Crippen molar-refractivity contribution in [2.45, 2.75) is 6.92 Å². The van der Waals surface area contributed by atoms with Crippen molar-refractivity contribution >= 4 is 23.3 Å². The summed E-state index contributed by atoms with van der Waals surface area (Å²) in [7, 11) is 1.34. The number of nitrogen functional groups attached to an aromatic ring is 1. The van der Waals surface area contributed by atoms with Crippen molar-refractivity contribution in [1.82, 2.24) is 0 Å². The average molecular weight is 276 g/mol. The van der Waals surface area contributed by atoms with E-state index in [1.807, 2.05) is 31.2 Å². The predicted octanol–water partition coefficient (Wildman–Crippen LogP) is 3.68. The molecule has 0 saturated carbocycles. The molecule has 2 rings (SSSR count). The number of rotatable bonds is 2. The third-order valence-corrected chi connectivity index (χ3v) is 3.19. The van der Waals surface area contributed by atoms with Gasteiger partial charge in [0.2, 0.25) is 0 Å². The van der Waals surface area contributed by atoms with Crippen molar-refractivity contribution in [3.8, 4) is 11.1 Å². The molecule has 19 heavy (non-hydrogen) atoms. The first-order valence-corrected chi connectivity index (χ1v) is 6.15. The molecule has 0 aliphatic carbocycles. The van der Waals surface area contributed by atoms with Crippen LogP contribution in [0.4, 0.5) is 5.69 Å². The fourth-order valence-corrected chi connectivity index (χ4v) is 2.10. The summed E-state index contributed by atoms with van der Waals surface area (Å²) in [6, 6.07) is 11.1. The summed E-state index contributed by atoms with van der Waals surface area (Å²) in [4.78, 5) is 11.7. The second-order valence-electron chi connectivity index (χ2n) is 4.26. The first-order valence-electron chi connectivity index (χ1n) is 5.77. The Balaban J connectivity index is 2.60. The van der Waals surface area contributed by atoms with Gasteiger partial charge in [0, 0.05) is 10.7 Å². The molecule has 0 fully saturated rings. The molecule has 0 heterocycles. The van der Waals surface area contributed by atoms with E-state index < -0.39 is 5.97 Å². The van der Waals surface area contributed by atoms with Gasteiger partial charge in [-0.15, -0.1) is 0 Å². The number of hydrogen-bond acceptors (Lipinski definition) is 3. The molecule has 0 bridgehead atoms. The van der Waals surface area contributed by atoms with E-state index in [2.05, 4.69) is 0 Å². The lowest BCUT2D eigenvalue weighted by molar-refractivity contribution is 0.0602. The second-order valence-corrected chi connectivity index (χ2v) is 4.69. The Hall–Kier alpha value is -2.00. The highest BCUT2D eigenvalue weighted by Crippen LogP contribution is 2.29. The molecule has 2 N–H and O–H groups in total. The quantitative estimate of drug-likeness (QED) is 0.672. The monoisotopic (exact) mass is 275 g/mol. The van der Waals surface area contributed by atoms with Crippen LogP contribution in [0.2, 0.25) is 5.02 Å². The van der Waals surface area contributed by atoms with Gasteiger partial charge in [-0.3, -0.25) is 0 Å². The highest BCUT2D eigenvalue weighted by molar-refractivity contribution is 6.30. The molecule has 0 aliphatic rings. The average Bonchev–Trinajstić information content (AvgIpc) is 2.40.